The van der Waals surface area contributed by atoms with Crippen molar-refractivity contribution in [1.29, 1.82) is 0 Å². The molecule has 1 unspecified atom stereocenters. The summed E-state index contributed by atoms with van der Waals surface area (Å²) >= 11 is 0. The van der Waals surface area contributed by atoms with Gasteiger partial charge in [-0.25, -0.2) is 19.9 Å². The Morgan fingerprint density at radius 1 is 0.360 bits per heavy atom. The van der Waals surface area contributed by atoms with E-state index in [1.165, 1.54) is 5.56 Å². The Morgan fingerprint density at radius 2 is 0.800 bits per heavy atom. The normalized spacial score (nSPS) is 14.5. The Labute approximate surface area is 433 Å². The van der Waals surface area contributed by atoms with E-state index in [1.807, 2.05) is 66.7 Å². The van der Waals surface area contributed by atoms with Crippen molar-refractivity contribution in [3.05, 3.63) is 260 Å². The number of rotatable bonds is 9. The van der Waals surface area contributed by atoms with Gasteiger partial charge in [-0.2, -0.15) is 9.97 Å². The molecule has 0 radical (unpaired) electrons. The Kier molecular flexibility index (Phi) is 10.5. The quantitative estimate of drug-likeness (QED) is 0.143. The van der Waals surface area contributed by atoms with E-state index in [9.17, 15) is 0 Å². The average Bonchev–Trinajstić information content (AvgIpc) is 4.03. The molecule has 0 spiro atoms. The third-order valence-electron chi connectivity index (χ3n) is 14.7. The standard InChI is InChI=1S/C67H46N8/c1-67(50-26-12-5-13-27-50)42-40-49(41-43-67)62-68-61(48-36-34-45(35-37-48)44-20-6-2-7-21-44)70-65(71-62)55-30-16-19-33-58(55)74-56-31-17-14-28-51(56)53-38-39-54-52-29-15-18-32-57(52)75(60(54)59(53)74)66-72-63(46-22-8-3-9-23-46)69-64(73-66)47-24-10-4-11-25-47/h2-42H,43H2,1H3. The highest BCUT2D eigenvalue weighted by Gasteiger charge is 2.28. The molecule has 4 heterocycles. The largest absolute Gasteiger partial charge is 0.306 e. The first kappa shape index (κ1) is 43.8. The third kappa shape index (κ3) is 7.62. The van der Waals surface area contributed by atoms with Crippen LogP contribution in [0.5, 0.6) is 0 Å². The molecule has 75 heavy (non-hydrogen) atoms. The fourth-order valence-electron chi connectivity index (χ4n) is 10.8. The van der Waals surface area contributed by atoms with Crippen molar-refractivity contribution in [3.63, 3.8) is 0 Å². The highest BCUT2D eigenvalue weighted by atomic mass is 15.2. The lowest BCUT2D eigenvalue weighted by atomic mass is 9.76. The van der Waals surface area contributed by atoms with Gasteiger partial charge in [0.15, 0.2) is 29.1 Å². The molecule has 0 fully saturated rings. The summed E-state index contributed by atoms with van der Waals surface area (Å²) in [6, 6.07) is 80.1. The van der Waals surface area contributed by atoms with Crippen LogP contribution in [0, 0.1) is 0 Å². The summed E-state index contributed by atoms with van der Waals surface area (Å²) in [4.78, 5) is 31.8. The van der Waals surface area contributed by atoms with E-state index in [4.69, 9.17) is 29.9 Å². The molecule has 1 aliphatic rings. The maximum absolute atomic E-state index is 5.42. The molecular formula is C67H46N8. The maximum Gasteiger partial charge on any atom is 0.238 e. The minimum absolute atomic E-state index is 0.165. The first-order chi connectivity index (χ1) is 37.0. The molecule has 0 amide bonds. The lowest BCUT2D eigenvalue weighted by molar-refractivity contribution is 0.601. The lowest BCUT2D eigenvalue weighted by Gasteiger charge is -2.28. The van der Waals surface area contributed by atoms with E-state index in [0.717, 1.165) is 94.7 Å². The van der Waals surface area contributed by atoms with Crippen molar-refractivity contribution >= 4 is 49.2 Å². The molecule has 0 bridgehead atoms. The van der Waals surface area contributed by atoms with Crippen LogP contribution in [0.4, 0.5) is 0 Å². The average molecular weight is 963 g/mol. The molecule has 8 heteroatoms. The molecule has 1 atom stereocenters. The van der Waals surface area contributed by atoms with Crippen LogP contribution in [0.1, 0.15) is 24.7 Å². The molecule has 1 aliphatic carbocycles. The highest BCUT2D eigenvalue weighted by molar-refractivity contribution is 6.24. The monoisotopic (exact) mass is 962 g/mol. The van der Waals surface area contributed by atoms with Gasteiger partial charge < -0.3 is 4.57 Å². The van der Waals surface area contributed by atoms with Crippen LogP contribution < -0.4 is 0 Å². The second-order valence-electron chi connectivity index (χ2n) is 19.3. The molecule has 8 nitrogen and oxygen atoms in total. The highest BCUT2D eigenvalue weighted by Crippen LogP contribution is 2.44. The van der Waals surface area contributed by atoms with E-state index < -0.39 is 0 Å². The number of fused-ring (bicyclic) bond motifs is 7. The molecule has 0 saturated heterocycles. The van der Waals surface area contributed by atoms with Gasteiger partial charge in [-0.1, -0.05) is 231 Å². The van der Waals surface area contributed by atoms with Crippen LogP contribution in [0.3, 0.4) is 0 Å². The Hall–Kier alpha value is -9.92. The van der Waals surface area contributed by atoms with Crippen molar-refractivity contribution in [3.8, 4) is 68.3 Å². The van der Waals surface area contributed by atoms with Crippen LogP contribution in [-0.4, -0.2) is 39.0 Å². The van der Waals surface area contributed by atoms with Gasteiger partial charge in [0.2, 0.25) is 5.95 Å². The molecule has 0 saturated carbocycles. The Morgan fingerprint density at radius 3 is 1.41 bits per heavy atom. The van der Waals surface area contributed by atoms with E-state index >= 15 is 0 Å². The zero-order valence-electron chi connectivity index (χ0n) is 41.0. The lowest BCUT2D eigenvalue weighted by Crippen LogP contribution is -2.20. The zero-order chi connectivity index (χ0) is 49.9. The SMILES string of the molecule is CC1(c2ccccc2)C=CC(c2nc(-c3ccc(-c4ccccc4)cc3)nc(-c3ccccc3-n3c4ccccc4c4ccc5c6ccccc6n(-c6nc(-c7ccccc7)nc(-c7ccccc7)n6)c5c43)n2)=CC1. The summed E-state index contributed by atoms with van der Waals surface area (Å²) in [6.07, 6.45) is 7.55. The Balaban J connectivity index is 1.01. The number of allylic oxidation sites excluding steroid dienone is 4. The zero-order valence-corrected chi connectivity index (χ0v) is 41.0. The van der Waals surface area contributed by atoms with Crippen LogP contribution >= 0.6 is 0 Å². The van der Waals surface area contributed by atoms with E-state index in [1.54, 1.807) is 0 Å². The number of hydrogen-bond donors (Lipinski definition) is 0. The molecule has 4 aromatic heterocycles. The van der Waals surface area contributed by atoms with Crippen LogP contribution in [0.2, 0.25) is 0 Å². The minimum atomic E-state index is -0.165. The summed E-state index contributed by atoms with van der Waals surface area (Å²) in [6.45, 7) is 2.29. The van der Waals surface area contributed by atoms with Gasteiger partial charge in [0, 0.05) is 54.8 Å². The van der Waals surface area contributed by atoms with E-state index in [0.29, 0.717) is 35.1 Å². The van der Waals surface area contributed by atoms with Crippen molar-refractivity contribution in [2.24, 2.45) is 0 Å². The smallest absolute Gasteiger partial charge is 0.238 e. The number of benzene rings is 9. The molecule has 13 aromatic rings. The number of hydrogen-bond acceptors (Lipinski definition) is 6. The summed E-state index contributed by atoms with van der Waals surface area (Å²) in [5.41, 5.74) is 12.8. The fourth-order valence-corrected chi connectivity index (χ4v) is 10.8. The van der Waals surface area contributed by atoms with Crippen LogP contribution in [-0.2, 0) is 5.41 Å². The second-order valence-corrected chi connectivity index (χ2v) is 19.3. The van der Waals surface area contributed by atoms with Crippen molar-refractivity contribution in [2.45, 2.75) is 18.8 Å². The molecule has 9 aromatic carbocycles. The topological polar surface area (TPSA) is 87.2 Å². The van der Waals surface area contributed by atoms with Gasteiger partial charge in [0.05, 0.1) is 27.8 Å². The number of para-hydroxylation sites is 3. The van der Waals surface area contributed by atoms with Gasteiger partial charge in [0.1, 0.15) is 0 Å². The van der Waals surface area contributed by atoms with Crippen LogP contribution in [0.15, 0.2) is 249 Å². The molecule has 0 aliphatic heterocycles. The summed E-state index contributed by atoms with van der Waals surface area (Å²) in [5.74, 6) is 3.48. The van der Waals surface area contributed by atoms with Gasteiger partial charge in [-0.05, 0) is 47.4 Å². The van der Waals surface area contributed by atoms with Gasteiger partial charge in [-0.15, -0.1) is 0 Å². The summed E-state index contributed by atoms with van der Waals surface area (Å²) in [7, 11) is 0. The maximum atomic E-state index is 5.42. The molecular weight excluding hydrogens is 917 g/mol. The minimum Gasteiger partial charge on any atom is -0.306 e. The number of nitrogens with zero attached hydrogens (tertiary/aromatic N) is 8. The Bertz CT molecular complexity index is 4310. The first-order valence-electron chi connectivity index (χ1n) is 25.3. The van der Waals surface area contributed by atoms with E-state index in [-0.39, 0.29) is 5.41 Å². The molecule has 0 N–H and O–H groups in total. The van der Waals surface area contributed by atoms with Gasteiger partial charge >= 0.3 is 0 Å². The van der Waals surface area contributed by atoms with Crippen LogP contribution in [0.25, 0.3) is 117 Å². The third-order valence-corrected chi connectivity index (χ3v) is 14.7. The number of aromatic nitrogens is 8. The predicted octanol–water partition coefficient (Wildman–Crippen LogP) is 15.9. The molecule has 14 rings (SSSR count). The summed E-state index contributed by atoms with van der Waals surface area (Å²) in [5, 5.41) is 4.36. The van der Waals surface area contributed by atoms with E-state index in [2.05, 4.69) is 198 Å². The van der Waals surface area contributed by atoms with Crippen molar-refractivity contribution in [1.82, 2.24) is 39.0 Å². The second kappa shape index (κ2) is 18.0. The van der Waals surface area contributed by atoms with Crippen molar-refractivity contribution < 1.29 is 0 Å². The molecule has 354 valence electrons. The first-order valence-corrected chi connectivity index (χ1v) is 25.3. The predicted molar refractivity (Wildman–Crippen MR) is 305 cm³/mol. The summed E-state index contributed by atoms with van der Waals surface area (Å²) < 4.78 is 4.62. The van der Waals surface area contributed by atoms with Gasteiger partial charge in [-0.3, -0.25) is 4.57 Å². The fraction of sp³-hybridized carbons (Fsp3) is 0.0448. The van der Waals surface area contributed by atoms with Crippen molar-refractivity contribution in [2.75, 3.05) is 0 Å². The van der Waals surface area contributed by atoms with Gasteiger partial charge in [0.25, 0.3) is 0 Å².